The fourth-order valence-electron chi connectivity index (χ4n) is 6.51. The van der Waals surface area contributed by atoms with Crippen molar-refractivity contribution in [3.63, 3.8) is 0 Å². The Bertz CT molecular complexity index is 1100. The van der Waals surface area contributed by atoms with Crippen LogP contribution < -0.4 is 10.0 Å². The van der Waals surface area contributed by atoms with E-state index in [4.69, 9.17) is 0 Å². The first kappa shape index (κ1) is 37.2. The minimum Gasteiger partial charge on any atom is -0.508 e. The maximum atomic E-state index is 13.3. The molecule has 0 bridgehead atoms. The van der Waals surface area contributed by atoms with Crippen LogP contribution in [-0.4, -0.2) is 54.8 Å². The Morgan fingerprint density at radius 1 is 0.909 bits per heavy atom. The maximum Gasteiger partial charge on any atom is 0.241 e. The lowest BCUT2D eigenvalue weighted by molar-refractivity contribution is -0.122. The Balaban J connectivity index is 1.41. The molecule has 0 aliphatic carbocycles. The van der Waals surface area contributed by atoms with Crippen LogP contribution in [-0.2, 0) is 14.8 Å². The molecule has 0 aromatic heterocycles. The molecule has 2 fully saturated rings. The van der Waals surface area contributed by atoms with Gasteiger partial charge in [-0.1, -0.05) is 103 Å². The van der Waals surface area contributed by atoms with Crippen molar-refractivity contribution in [3.05, 3.63) is 23.8 Å². The normalized spacial score (nSPS) is 20.9. The van der Waals surface area contributed by atoms with E-state index in [1.54, 1.807) is 17.8 Å². The molecule has 1 aromatic rings. The molecule has 0 saturated carbocycles. The molecule has 0 spiro atoms. The Morgan fingerprint density at radius 3 is 2.07 bits per heavy atom. The molecular weight excluding hydrogens is 591 g/mol. The topological polar surface area (TPSA) is 98.7 Å². The van der Waals surface area contributed by atoms with E-state index in [9.17, 15) is 18.3 Å². The van der Waals surface area contributed by atoms with E-state index in [2.05, 4.69) is 35.7 Å². The van der Waals surface area contributed by atoms with Gasteiger partial charge in [0.05, 0.1) is 10.3 Å². The van der Waals surface area contributed by atoms with E-state index in [0.29, 0.717) is 18.5 Å². The summed E-state index contributed by atoms with van der Waals surface area (Å²) in [5.74, 6) is -0.161. The van der Waals surface area contributed by atoms with Crippen LogP contribution >= 0.6 is 11.8 Å². The molecule has 2 aliphatic rings. The Hall–Kier alpha value is -1.29. The molecule has 9 heteroatoms. The number of hydrogen-bond donors (Lipinski definition) is 3. The zero-order valence-corrected chi connectivity index (χ0v) is 29.5. The average Bonchev–Trinajstić information content (AvgIpc) is 3.15. The molecule has 0 radical (unpaired) electrons. The molecule has 7 nitrogen and oxygen atoms in total. The fraction of sp³-hybridized carbons (Fsp3) is 0.800. The van der Waals surface area contributed by atoms with Gasteiger partial charge in [0.1, 0.15) is 11.8 Å². The summed E-state index contributed by atoms with van der Waals surface area (Å²) in [5, 5.41) is 13.5. The van der Waals surface area contributed by atoms with Crippen molar-refractivity contribution in [1.29, 1.82) is 0 Å². The highest BCUT2D eigenvalue weighted by atomic mass is 32.2. The lowest BCUT2D eigenvalue weighted by Gasteiger charge is -2.25. The Labute approximate surface area is 273 Å². The summed E-state index contributed by atoms with van der Waals surface area (Å²) < 4.78 is 29.2. The summed E-state index contributed by atoms with van der Waals surface area (Å²) in [7, 11) is -3.92. The zero-order chi connectivity index (χ0) is 31.8. The second-order valence-electron chi connectivity index (χ2n) is 13.7. The van der Waals surface area contributed by atoms with Gasteiger partial charge in [-0.05, 0) is 64.3 Å². The van der Waals surface area contributed by atoms with Gasteiger partial charge in [0.15, 0.2) is 0 Å². The maximum absolute atomic E-state index is 13.3. The van der Waals surface area contributed by atoms with Gasteiger partial charge in [0.2, 0.25) is 15.9 Å². The highest BCUT2D eigenvalue weighted by Crippen LogP contribution is 2.50. The lowest BCUT2D eigenvalue weighted by atomic mass is 10.0. The highest BCUT2D eigenvalue weighted by molar-refractivity contribution is 8.01. The van der Waals surface area contributed by atoms with Crippen LogP contribution in [0.25, 0.3) is 0 Å². The molecule has 44 heavy (non-hydrogen) atoms. The number of phenolic OH excluding ortho intramolecular Hbond substituents is 1. The molecule has 2 aliphatic heterocycles. The van der Waals surface area contributed by atoms with Crippen LogP contribution in [0.5, 0.6) is 5.75 Å². The monoisotopic (exact) mass is 651 g/mol. The van der Waals surface area contributed by atoms with Gasteiger partial charge in [-0.2, -0.15) is 4.72 Å². The predicted octanol–water partition coefficient (Wildman–Crippen LogP) is 8.43. The SMILES string of the molecule is CCCCCCCCCCCCCCCCCCN1CC(C)(C)SC1c1cc(S(=O)(=O)NC2CCCCNC2=O)ccc1O. The fourth-order valence-corrected chi connectivity index (χ4v) is 9.26. The van der Waals surface area contributed by atoms with E-state index in [1.165, 1.54) is 108 Å². The number of benzene rings is 1. The van der Waals surface area contributed by atoms with Crippen LogP contribution in [0.15, 0.2) is 23.1 Å². The third-order valence-electron chi connectivity index (χ3n) is 9.05. The lowest BCUT2D eigenvalue weighted by Crippen LogP contribution is -2.45. The third kappa shape index (κ3) is 12.8. The number of sulfonamides is 1. The van der Waals surface area contributed by atoms with Gasteiger partial charge in [0, 0.05) is 23.4 Å². The van der Waals surface area contributed by atoms with Crippen molar-refractivity contribution < 1.29 is 18.3 Å². The average molecular weight is 652 g/mol. The zero-order valence-electron chi connectivity index (χ0n) is 27.9. The number of amides is 1. The van der Waals surface area contributed by atoms with E-state index >= 15 is 0 Å². The van der Waals surface area contributed by atoms with Crippen LogP contribution in [0.4, 0.5) is 0 Å². The number of hydrogen-bond acceptors (Lipinski definition) is 6. The first-order valence-corrected chi connectivity index (χ1v) is 20.0. The van der Waals surface area contributed by atoms with Crippen molar-refractivity contribution in [2.24, 2.45) is 0 Å². The second-order valence-corrected chi connectivity index (χ2v) is 17.2. The van der Waals surface area contributed by atoms with Crippen molar-refractivity contribution in [2.75, 3.05) is 19.6 Å². The summed E-state index contributed by atoms with van der Waals surface area (Å²) >= 11 is 1.78. The number of thioether (sulfide) groups is 1. The molecule has 3 rings (SSSR count). The largest absolute Gasteiger partial charge is 0.508 e. The third-order valence-corrected chi connectivity index (χ3v) is 12.1. The van der Waals surface area contributed by atoms with Crippen LogP contribution in [0, 0.1) is 0 Å². The van der Waals surface area contributed by atoms with Gasteiger partial charge < -0.3 is 10.4 Å². The van der Waals surface area contributed by atoms with Crippen molar-refractivity contribution in [1.82, 2.24) is 14.9 Å². The van der Waals surface area contributed by atoms with Gasteiger partial charge in [-0.3, -0.25) is 9.69 Å². The van der Waals surface area contributed by atoms with Crippen molar-refractivity contribution in [3.8, 4) is 5.75 Å². The van der Waals surface area contributed by atoms with Crippen LogP contribution in [0.3, 0.4) is 0 Å². The highest BCUT2D eigenvalue weighted by Gasteiger charge is 2.40. The first-order chi connectivity index (χ1) is 21.1. The number of aromatic hydroxyl groups is 1. The second kappa shape index (κ2) is 19.4. The number of unbranched alkanes of at least 4 members (excludes halogenated alkanes) is 15. The van der Waals surface area contributed by atoms with E-state index in [-0.39, 0.29) is 26.7 Å². The standard InChI is InChI=1S/C35H61N3O4S2/c1-4-5-6-7-8-9-10-11-12-13-14-15-16-17-18-21-26-38-28-35(2,3)43-34(38)30-27-29(23-24-32(30)39)44(41,42)37-31-22-19-20-25-36-33(31)40/h23-24,27,31,34,37,39H,4-22,25-26,28H2,1-3H3,(H,36,40). The van der Waals surface area contributed by atoms with E-state index in [0.717, 1.165) is 32.4 Å². The number of nitrogens with one attached hydrogen (secondary N) is 2. The smallest absolute Gasteiger partial charge is 0.241 e. The summed E-state index contributed by atoms with van der Waals surface area (Å²) in [6.07, 6.45) is 23.6. The van der Waals surface area contributed by atoms with Gasteiger partial charge in [-0.15, -0.1) is 11.8 Å². The number of carbonyl (C=O) groups is 1. The summed E-state index contributed by atoms with van der Waals surface area (Å²) in [6, 6.07) is 3.74. The Kier molecular flexibility index (Phi) is 16.4. The van der Waals surface area contributed by atoms with Crippen molar-refractivity contribution >= 4 is 27.7 Å². The van der Waals surface area contributed by atoms with E-state index in [1.807, 2.05) is 0 Å². The summed E-state index contributed by atoms with van der Waals surface area (Å²) in [6.45, 7) is 9.09. The molecule has 1 amide bonds. The molecule has 252 valence electrons. The predicted molar refractivity (Wildman–Crippen MR) is 185 cm³/mol. The number of rotatable bonds is 21. The van der Waals surface area contributed by atoms with Gasteiger partial charge >= 0.3 is 0 Å². The van der Waals surface area contributed by atoms with Crippen LogP contribution in [0.1, 0.15) is 154 Å². The summed E-state index contributed by atoms with van der Waals surface area (Å²) in [4.78, 5) is 14.9. The van der Waals surface area contributed by atoms with Crippen molar-refractivity contribution in [2.45, 2.75) is 164 Å². The Morgan fingerprint density at radius 2 is 1.48 bits per heavy atom. The molecule has 2 saturated heterocycles. The molecule has 2 unspecified atom stereocenters. The summed E-state index contributed by atoms with van der Waals surface area (Å²) in [5.41, 5.74) is 0.630. The number of phenols is 1. The minimum absolute atomic E-state index is 0.00226. The minimum atomic E-state index is -3.92. The van der Waals surface area contributed by atoms with Gasteiger partial charge in [0.25, 0.3) is 0 Å². The van der Waals surface area contributed by atoms with E-state index < -0.39 is 16.1 Å². The number of nitrogens with zero attached hydrogens (tertiary/aromatic N) is 1. The molecular formula is C35H61N3O4S2. The quantitative estimate of drug-likeness (QED) is 0.115. The number of carbonyl (C=O) groups excluding carboxylic acids is 1. The first-order valence-electron chi connectivity index (χ1n) is 17.7. The molecule has 2 heterocycles. The van der Waals surface area contributed by atoms with Crippen LogP contribution in [0.2, 0.25) is 0 Å². The molecule has 1 aromatic carbocycles. The molecule has 2 atom stereocenters. The van der Waals surface area contributed by atoms with Gasteiger partial charge in [-0.25, -0.2) is 8.42 Å². The molecule has 3 N–H and O–H groups in total.